The van der Waals surface area contributed by atoms with Crippen LogP contribution in [0.1, 0.15) is 90.1 Å². The first-order valence-corrected chi connectivity index (χ1v) is 21.1. The predicted octanol–water partition coefficient (Wildman–Crippen LogP) is 13.7. The molecule has 1 unspecified atom stereocenters. The van der Waals surface area contributed by atoms with E-state index >= 15 is 0 Å². The van der Waals surface area contributed by atoms with Crippen molar-refractivity contribution in [2.45, 2.75) is 92.2 Å². The van der Waals surface area contributed by atoms with E-state index in [1.165, 1.54) is 94.7 Å². The molecular formula is C44H56Cl2SSiZr-4. The number of benzene rings is 3. The predicted molar refractivity (Wildman–Crippen MR) is 225 cm³/mol. The Morgan fingerprint density at radius 2 is 1.27 bits per heavy atom. The molecule has 0 amide bonds. The molecule has 1 aliphatic carbocycles. The summed E-state index contributed by atoms with van der Waals surface area (Å²) in [5.41, 5.74) is 14.1. The van der Waals surface area contributed by atoms with E-state index in [1.807, 2.05) is 11.8 Å². The zero-order valence-electron chi connectivity index (χ0n) is 31.9. The van der Waals surface area contributed by atoms with Crippen LogP contribution in [0.5, 0.6) is 0 Å². The Morgan fingerprint density at radius 1 is 0.776 bits per heavy atom. The van der Waals surface area contributed by atoms with Gasteiger partial charge in [0.25, 0.3) is 0 Å². The molecule has 4 aromatic rings. The summed E-state index contributed by atoms with van der Waals surface area (Å²) in [7, 11) is 0. The number of aryl methyl sites for hydroxylation is 2. The molecule has 0 bridgehead atoms. The molecule has 264 valence electrons. The minimum atomic E-state index is 0. The van der Waals surface area contributed by atoms with Gasteiger partial charge < -0.3 is 14.9 Å². The van der Waals surface area contributed by atoms with Crippen molar-refractivity contribution >= 4 is 59.8 Å². The van der Waals surface area contributed by atoms with Crippen molar-refractivity contribution in [3.63, 3.8) is 0 Å². The molecule has 0 nitrogen and oxygen atoms in total. The molecule has 2 aliphatic rings. The summed E-state index contributed by atoms with van der Waals surface area (Å²) >= 11 is 3.30. The van der Waals surface area contributed by atoms with Gasteiger partial charge in [-0.1, -0.05) is 135 Å². The van der Waals surface area contributed by atoms with Gasteiger partial charge >= 0.3 is 30.2 Å². The summed E-state index contributed by atoms with van der Waals surface area (Å²) in [6.45, 7) is 27.8. The van der Waals surface area contributed by atoms with Gasteiger partial charge in [-0.05, 0) is 45.9 Å². The summed E-state index contributed by atoms with van der Waals surface area (Å²) in [6, 6.07) is 27.3. The molecule has 0 fully saturated rings. The van der Waals surface area contributed by atoms with Gasteiger partial charge in [-0.15, -0.1) is 75.5 Å². The van der Waals surface area contributed by atoms with Crippen LogP contribution in [0.2, 0.25) is 0 Å². The molecule has 6 rings (SSSR count). The van der Waals surface area contributed by atoms with Gasteiger partial charge in [-0.25, -0.2) is 6.08 Å². The molecule has 49 heavy (non-hydrogen) atoms. The van der Waals surface area contributed by atoms with Crippen LogP contribution in [0.15, 0.2) is 94.9 Å². The van der Waals surface area contributed by atoms with Crippen LogP contribution in [0.4, 0.5) is 0 Å². The van der Waals surface area contributed by atoms with Gasteiger partial charge in [0.05, 0.1) is 0 Å². The quantitative estimate of drug-likeness (QED) is 0.147. The number of allylic oxidation sites excluding steroid dienone is 4. The first kappa shape index (κ1) is 47.5. The van der Waals surface area contributed by atoms with Crippen molar-refractivity contribution in [1.82, 2.24) is 0 Å². The van der Waals surface area contributed by atoms with E-state index in [-0.39, 0.29) is 50.5 Å². The number of halogens is 2. The molecule has 0 saturated heterocycles. The van der Waals surface area contributed by atoms with Crippen LogP contribution in [0, 0.1) is 40.7 Å². The summed E-state index contributed by atoms with van der Waals surface area (Å²) in [5, 5.41) is 3.27. The first-order valence-electron chi connectivity index (χ1n) is 16.0. The third-order valence-corrected chi connectivity index (χ3v) is 9.94. The fourth-order valence-electron chi connectivity index (χ4n) is 6.05. The average molecular weight is 807 g/mol. The molecule has 1 heterocycles. The number of rotatable bonds is 3. The zero-order valence-corrected chi connectivity index (χ0v) is 37.8. The van der Waals surface area contributed by atoms with Gasteiger partial charge in [0.15, 0.2) is 0 Å². The topological polar surface area (TPSA) is 0 Å². The molecule has 1 atom stereocenters. The van der Waals surface area contributed by atoms with Crippen molar-refractivity contribution in [3.8, 4) is 11.1 Å². The summed E-state index contributed by atoms with van der Waals surface area (Å²) in [4.78, 5) is 1.34. The molecule has 0 saturated carbocycles. The van der Waals surface area contributed by atoms with E-state index in [2.05, 4.69) is 168 Å². The van der Waals surface area contributed by atoms with E-state index in [9.17, 15) is 0 Å². The number of hydrogen-bond acceptors (Lipinski definition) is 1. The van der Waals surface area contributed by atoms with Crippen LogP contribution in [-0.4, -0.2) is 12.1 Å². The van der Waals surface area contributed by atoms with Crippen LogP contribution in [0.3, 0.4) is 0 Å². The van der Waals surface area contributed by atoms with Gasteiger partial charge in [-0.2, -0.15) is 23.3 Å². The Morgan fingerprint density at radius 3 is 1.73 bits per heavy atom. The molecule has 5 heteroatoms. The molecule has 1 aliphatic heterocycles. The fraction of sp³-hybridized carbons (Fsp3) is 0.341. The Balaban J connectivity index is 0.000000831. The number of thioether (sulfide) groups is 1. The minimum absolute atomic E-state index is 0. The van der Waals surface area contributed by atoms with Crippen molar-refractivity contribution in [3.05, 3.63) is 144 Å². The standard InChI is InChI=1S/C21H25S.C21H23.2CH3.2ClH.Si.Zr/c1-13(2)16-11-18-19(12-16)22-14(3)20(18)15-7-9-17(10-8-15)21(4,5)6;1-14-12-19-15(2)6-11-18(20(19)13-14)16-7-9-17(10-8-16)21(3,4)5;;;;;;/h7-11,13-14H,1-6H3;6-13H,1-5H3;2*1H3;2*1H;;/q4*-1;;;;. The Kier molecular flexibility index (Phi) is 18.8. The van der Waals surface area contributed by atoms with Crippen LogP contribution in [-0.2, 0) is 34.2 Å². The summed E-state index contributed by atoms with van der Waals surface area (Å²) < 4.78 is 0. The monoisotopic (exact) mass is 804 g/mol. The zero-order chi connectivity index (χ0) is 33.3. The maximum atomic E-state index is 3.60. The van der Waals surface area contributed by atoms with Gasteiger partial charge in [0, 0.05) is 5.25 Å². The average Bonchev–Trinajstić information content (AvgIpc) is 3.66. The van der Waals surface area contributed by atoms with E-state index < -0.39 is 0 Å². The summed E-state index contributed by atoms with van der Waals surface area (Å²) in [5.74, 6) is 0.547. The molecule has 0 N–H and O–H groups in total. The van der Waals surface area contributed by atoms with Gasteiger partial charge in [0.1, 0.15) is 0 Å². The van der Waals surface area contributed by atoms with Crippen molar-refractivity contribution in [2.24, 2.45) is 5.92 Å². The van der Waals surface area contributed by atoms with Crippen molar-refractivity contribution in [1.29, 1.82) is 0 Å². The second kappa shape index (κ2) is 19.4. The van der Waals surface area contributed by atoms with E-state index in [4.69, 9.17) is 0 Å². The van der Waals surface area contributed by atoms with Crippen LogP contribution in [0.25, 0.3) is 27.5 Å². The molecule has 0 aromatic heterocycles. The van der Waals surface area contributed by atoms with E-state index in [1.54, 1.807) is 0 Å². The van der Waals surface area contributed by atoms with E-state index in [0.717, 1.165) is 0 Å². The van der Waals surface area contributed by atoms with Gasteiger partial charge in [-0.3, -0.25) is 0 Å². The molecular weight excluding hydrogens is 751 g/mol. The third kappa shape index (κ3) is 11.0. The Hall–Kier alpha value is -1.48. The van der Waals surface area contributed by atoms with Crippen LogP contribution < -0.4 is 0 Å². The van der Waals surface area contributed by atoms with Gasteiger partial charge in [0.2, 0.25) is 0 Å². The maximum absolute atomic E-state index is 3.60. The SMILES string of the molecule is CC(C)C1=CC2=C(c3ccc(C(C)(C)C)cc3)C(C)SC2=[C-]1.Cc1cc2c(-c3ccc(C(C)(C)C)cc3)ccc(C)c2[cH-]1.Cl.Cl.[CH3-].[CH3-].[Si]=[Zr]. The second-order valence-corrected chi connectivity index (χ2v) is 16.1. The Bertz CT molecular complexity index is 1760. The summed E-state index contributed by atoms with van der Waals surface area (Å²) in [6.07, 6.45) is 5.95. The van der Waals surface area contributed by atoms with Crippen LogP contribution >= 0.6 is 36.6 Å². The molecule has 2 radical (unpaired) electrons. The first-order chi connectivity index (χ1) is 21.1. The molecule has 0 spiro atoms. The number of hydrogen-bond donors (Lipinski definition) is 0. The number of fused-ring (bicyclic) bond motifs is 2. The normalized spacial score (nSPS) is 14.8. The molecule has 4 aromatic carbocycles. The van der Waals surface area contributed by atoms with Crippen molar-refractivity contribution < 1.29 is 23.3 Å². The second-order valence-electron chi connectivity index (χ2n) is 14.7. The Labute approximate surface area is 333 Å². The third-order valence-electron chi connectivity index (χ3n) is 8.79. The fourth-order valence-corrected chi connectivity index (χ4v) is 7.25. The van der Waals surface area contributed by atoms with E-state index in [0.29, 0.717) is 11.2 Å². The van der Waals surface area contributed by atoms with Crippen molar-refractivity contribution in [2.75, 3.05) is 0 Å².